The summed E-state index contributed by atoms with van der Waals surface area (Å²) in [5, 5.41) is 3.38. The van der Waals surface area contributed by atoms with Crippen LogP contribution < -0.4 is 5.32 Å². The Kier molecular flexibility index (Phi) is 4.43. The smallest absolute Gasteiger partial charge is 0.255 e. The summed E-state index contributed by atoms with van der Waals surface area (Å²) in [6.45, 7) is 0. The van der Waals surface area contributed by atoms with Gasteiger partial charge >= 0.3 is 0 Å². The summed E-state index contributed by atoms with van der Waals surface area (Å²) in [4.78, 5) is 12.0. The molecular formula is C13H8Br2ClNO. The van der Waals surface area contributed by atoms with E-state index >= 15 is 0 Å². The molecule has 1 N–H and O–H groups in total. The first-order chi connectivity index (χ1) is 8.56. The molecule has 0 bridgehead atoms. The number of halogens is 3. The molecule has 0 unspecified atom stereocenters. The van der Waals surface area contributed by atoms with Gasteiger partial charge in [0.1, 0.15) is 0 Å². The number of benzene rings is 2. The fourth-order valence-corrected chi connectivity index (χ4v) is 2.33. The maximum Gasteiger partial charge on any atom is 0.255 e. The van der Waals surface area contributed by atoms with E-state index in [4.69, 9.17) is 11.6 Å². The molecular weight excluding hydrogens is 381 g/mol. The second-order valence-corrected chi connectivity index (χ2v) is 5.80. The first kappa shape index (κ1) is 13.6. The van der Waals surface area contributed by atoms with Crippen LogP contribution in [-0.4, -0.2) is 5.91 Å². The fraction of sp³-hybridized carbons (Fsp3) is 0. The zero-order valence-electron chi connectivity index (χ0n) is 9.08. The van der Waals surface area contributed by atoms with Gasteiger partial charge in [0, 0.05) is 19.5 Å². The average molecular weight is 389 g/mol. The monoisotopic (exact) mass is 387 g/mol. The Morgan fingerprint density at radius 3 is 2.61 bits per heavy atom. The maximum atomic E-state index is 12.0. The van der Waals surface area contributed by atoms with E-state index in [2.05, 4.69) is 37.2 Å². The van der Waals surface area contributed by atoms with Gasteiger partial charge in [0.15, 0.2) is 0 Å². The Bertz CT molecular complexity index is 601. The van der Waals surface area contributed by atoms with E-state index in [1.165, 1.54) is 0 Å². The Morgan fingerprint density at radius 1 is 1.11 bits per heavy atom. The quantitative estimate of drug-likeness (QED) is 0.759. The van der Waals surface area contributed by atoms with Gasteiger partial charge in [-0.2, -0.15) is 0 Å². The third-order valence-corrected chi connectivity index (χ3v) is 3.68. The summed E-state index contributed by atoms with van der Waals surface area (Å²) in [5.41, 5.74) is 1.23. The van der Waals surface area contributed by atoms with Crippen molar-refractivity contribution in [2.75, 3.05) is 5.32 Å². The lowest BCUT2D eigenvalue weighted by Gasteiger charge is -2.08. The Balaban J connectivity index is 2.24. The molecule has 0 aliphatic heterocycles. The molecule has 0 fully saturated rings. The van der Waals surface area contributed by atoms with Crippen molar-refractivity contribution in [3.63, 3.8) is 0 Å². The van der Waals surface area contributed by atoms with Crippen molar-refractivity contribution in [1.82, 2.24) is 0 Å². The predicted octanol–water partition coefficient (Wildman–Crippen LogP) is 5.12. The highest BCUT2D eigenvalue weighted by Gasteiger charge is 2.08. The topological polar surface area (TPSA) is 29.1 Å². The van der Waals surface area contributed by atoms with Crippen LogP contribution in [0, 0.1) is 0 Å². The van der Waals surface area contributed by atoms with Crippen LogP contribution in [0.2, 0.25) is 5.02 Å². The van der Waals surface area contributed by atoms with Gasteiger partial charge in [0.2, 0.25) is 0 Å². The molecule has 0 radical (unpaired) electrons. The minimum Gasteiger partial charge on any atom is -0.321 e. The molecule has 2 aromatic rings. The third kappa shape index (κ3) is 3.34. The molecule has 0 heterocycles. The van der Waals surface area contributed by atoms with Crippen molar-refractivity contribution in [3.05, 3.63) is 62.0 Å². The minimum absolute atomic E-state index is 0.181. The van der Waals surface area contributed by atoms with E-state index in [-0.39, 0.29) is 5.91 Å². The molecule has 0 saturated heterocycles. The fourth-order valence-electron chi connectivity index (χ4n) is 1.42. The second-order valence-electron chi connectivity index (χ2n) is 3.59. The number of carbonyl (C=O) groups excluding carboxylic acids is 1. The second kappa shape index (κ2) is 5.87. The first-order valence-corrected chi connectivity index (χ1v) is 7.04. The van der Waals surface area contributed by atoms with Gasteiger partial charge in [-0.05, 0) is 52.3 Å². The lowest BCUT2D eigenvalue weighted by atomic mass is 10.2. The predicted molar refractivity (Wildman–Crippen MR) is 81.2 cm³/mol. The van der Waals surface area contributed by atoms with Crippen molar-refractivity contribution in [2.24, 2.45) is 0 Å². The van der Waals surface area contributed by atoms with Crippen molar-refractivity contribution < 1.29 is 4.79 Å². The highest BCUT2D eigenvalue weighted by molar-refractivity contribution is 9.10. The molecule has 2 nitrogen and oxygen atoms in total. The normalized spacial score (nSPS) is 10.2. The number of rotatable bonds is 2. The van der Waals surface area contributed by atoms with E-state index in [9.17, 15) is 4.79 Å². The summed E-state index contributed by atoms with van der Waals surface area (Å²) in [6.07, 6.45) is 0. The van der Waals surface area contributed by atoms with E-state index < -0.39 is 0 Å². The van der Waals surface area contributed by atoms with Crippen LogP contribution >= 0.6 is 43.5 Å². The van der Waals surface area contributed by atoms with E-state index in [1.807, 2.05) is 12.1 Å². The minimum atomic E-state index is -0.181. The van der Waals surface area contributed by atoms with Crippen LogP contribution in [0.3, 0.4) is 0 Å². The standard InChI is InChI=1S/C13H8Br2ClNO/c14-9-3-1-2-8(6-9)13(18)17-12-7-10(16)4-5-11(12)15/h1-7H,(H,17,18). The van der Waals surface area contributed by atoms with Crippen LogP contribution in [0.25, 0.3) is 0 Å². The van der Waals surface area contributed by atoms with Gasteiger partial charge in [-0.1, -0.05) is 33.6 Å². The molecule has 0 aliphatic carbocycles. The molecule has 0 aromatic heterocycles. The largest absolute Gasteiger partial charge is 0.321 e. The molecule has 2 rings (SSSR count). The number of hydrogen-bond acceptors (Lipinski definition) is 1. The SMILES string of the molecule is O=C(Nc1cc(Cl)ccc1Br)c1cccc(Br)c1. The zero-order chi connectivity index (χ0) is 13.1. The van der Waals surface area contributed by atoms with E-state index in [0.29, 0.717) is 16.3 Å². The number of nitrogens with one attached hydrogen (secondary N) is 1. The third-order valence-electron chi connectivity index (χ3n) is 2.26. The van der Waals surface area contributed by atoms with Crippen LogP contribution in [0.5, 0.6) is 0 Å². The van der Waals surface area contributed by atoms with Crippen LogP contribution in [-0.2, 0) is 0 Å². The molecule has 18 heavy (non-hydrogen) atoms. The van der Waals surface area contributed by atoms with Crippen molar-refractivity contribution in [3.8, 4) is 0 Å². The Labute approximate surface area is 127 Å². The first-order valence-electron chi connectivity index (χ1n) is 5.08. The number of anilines is 1. The highest BCUT2D eigenvalue weighted by atomic mass is 79.9. The number of hydrogen-bond donors (Lipinski definition) is 1. The van der Waals surface area contributed by atoms with Crippen LogP contribution in [0.4, 0.5) is 5.69 Å². The molecule has 92 valence electrons. The summed E-state index contributed by atoms with van der Waals surface area (Å²) in [6, 6.07) is 12.4. The molecule has 0 spiro atoms. The summed E-state index contributed by atoms with van der Waals surface area (Å²) in [5.74, 6) is -0.181. The number of carbonyl (C=O) groups is 1. The van der Waals surface area contributed by atoms with Gasteiger partial charge in [0.25, 0.3) is 5.91 Å². The van der Waals surface area contributed by atoms with Gasteiger partial charge in [-0.3, -0.25) is 4.79 Å². The average Bonchev–Trinajstić information content (AvgIpc) is 2.34. The maximum absolute atomic E-state index is 12.0. The summed E-state index contributed by atoms with van der Waals surface area (Å²) in [7, 11) is 0. The molecule has 0 aliphatic rings. The van der Waals surface area contributed by atoms with Gasteiger partial charge in [-0.15, -0.1) is 0 Å². The summed E-state index contributed by atoms with van der Waals surface area (Å²) < 4.78 is 1.65. The lowest BCUT2D eigenvalue weighted by Crippen LogP contribution is -2.12. The molecule has 0 saturated carbocycles. The van der Waals surface area contributed by atoms with Gasteiger partial charge in [0.05, 0.1) is 5.69 Å². The van der Waals surface area contributed by atoms with Crippen LogP contribution in [0.15, 0.2) is 51.4 Å². The van der Waals surface area contributed by atoms with Crippen molar-refractivity contribution in [1.29, 1.82) is 0 Å². The number of amides is 1. The van der Waals surface area contributed by atoms with Crippen molar-refractivity contribution in [2.45, 2.75) is 0 Å². The molecule has 0 atom stereocenters. The van der Waals surface area contributed by atoms with Crippen molar-refractivity contribution >= 4 is 55.1 Å². The molecule has 1 amide bonds. The van der Waals surface area contributed by atoms with Crippen LogP contribution in [0.1, 0.15) is 10.4 Å². The van der Waals surface area contributed by atoms with E-state index in [0.717, 1.165) is 8.95 Å². The zero-order valence-corrected chi connectivity index (χ0v) is 13.0. The van der Waals surface area contributed by atoms with Gasteiger partial charge in [-0.25, -0.2) is 0 Å². The highest BCUT2D eigenvalue weighted by Crippen LogP contribution is 2.26. The lowest BCUT2D eigenvalue weighted by molar-refractivity contribution is 0.102. The molecule has 5 heteroatoms. The molecule has 2 aromatic carbocycles. The van der Waals surface area contributed by atoms with Gasteiger partial charge < -0.3 is 5.32 Å². The Morgan fingerprint density at radius 2 is 1.89 bits per heavy atom. The summed E-state index contributed by atoms with van der Waals surface area (Å²) >= 11 is 12.6. The van der Waals surface area contributed by atoms with E-state index in [1.54, 1.807) is 30.3 Å². The Hall–Kier alpha value is -0.840.